The summed E-state index contributed by atoms with van der Waals surface area (Å²) in [4.78, 5) is 13.1. The second kappa shape index (κ2) is 7.83. The van der Waals surface area contributed by atoms with E-state index in [1.54, 1.807) is 0 Å². The standard InChI is InChI=1S/C20H25ClN2OS2/c1-20(2,3)12-8-10-13(11-9-12)22-19(25)23-18(24)17-16(21)14-6-4-5-7-15(14)26-17/h4-7,12-13H,8-11H2,1-3H3,(H2,22,23,24,25). The minimum absolute atomic E-state index is 0.239. The molecule has 0 radical (unpaired) electrons. The van der Waals surface area contributed by atoms with E-state index in [4.69, 9.17) is 23.8 Å². The molecule has 1 aromatic carbocycles. The van der Waals surface area contributed by atoms with Crippen LogP contribution >= 0.6 is 35.2 Å². The highest BCUT2D eigenvalue weighted by Crippen LogP contribution is 2.38. The largest absolute Gasteiger partial charge is 0.360 e. The van der Waals surface area contributed by atoms with Gasteiger partial charge in [0.05, 0.1) is 5.02 Å². The van der Waals surface area contributed by atoms with E-state index in [-0.39, 0.29) is 5.91 Å². The molecule has 0 spiro atoms. The fraction of sp³-hybridized carbons (Fsp3) is 0.500. The second-order valence-electron chi connectivity index (χ2n) is 8.08. The Bertz CT molecular complexity index is 817. The number of fused-ring (bicyclic) bond motifs is 1. The van der Waals surface area contributed by atoms with Crippen LogP contribution in [0.1, 0.15) is 56.1 Å². The molecular weight excluding hydrogens is 384 g/mol. The molecule has 26 heavy (non-hydrogen) atoms. The zero-order chi connectivity index (χ0) is 18.9. The number of hydrogen-bond donors (Lipinski definition) is 2. The number of amides is 1. The van der Waals surface area contributed by atoms with Crippen molar-refractivity contribution in [2.45, 2.75) is 52.5 Å². The van der Waals surface area contributed by atoms with Crippen molar-refractivity contribution in [2.24, 2.45) is 11.3 Å². The van der Waals surface area contributed by atoms with E-state index in [1.807, 2.05) is 24.3 Å². The van der Waals surface area contributed by atoms with Gasteiger partial charge >= 0.3 is 0 Å². The summed E-state index contributed by atoms with van der Waals surface area (Å²) in [6.45, 7) is 6.93. The van der Waals surface area contributed by atoms with Gasteiger partial charge in [-0.2, -0.15) is 0 Å². The molecule has 0 atom stereocenters. The predicted molar refractivity (Wildman–Crippen MR) is 115 cm³/mol. The predicted octanol–water partition coefficient (Wildman–Crippen LogP) is 5.76. The average Bonchev–Trinajstić information content (AvgIpc) is 2.92. The first-order valence-electron chi connectivity index (χ1n) is 9.04. The number of carbonyl (C=O) groups is 1. The van der Waals surface area contributed by atoms with Crippen LogP contribution in [0.4, 0.5) is 0 Å². The van der Waals surface area contributed by atoms with Gasteiger partial charge in [0.25, 0.3) is 5.91 Å². The van der Waals surface area contributed by atoms with Gasteiger partial charge in [0.2, 0.25) is 0 Å². The van der Waals surface area contributed by atoms with Crippen LogP contribution in [0.3, 0.4) is 0 Å². The number of halogens is 1. The van der Waals surface area contributed by atoms with Crippen molar-refractivity contribution >= 4 is 56.3 Å². The van der Waals surface area contributed by atoms with E-state index < -0.39 is 0 Å². The van der Waals surface area contributed by atoms with Crippen molar-refractivity contribution in [1.82, 2.24) is 10.6 Å². The molecule has 2 N–H and O–H groups in total. The van der Waals surface area contributed by atoms with Gasteiger partial charge < -0.3 is 5.32 Å². The molecule has 1 aliphatic carbocycles. The van der Waals surface area contributed by atoms with Crippen LogP contribution in [0.25, 0.3) is 10.1 Å². The number of benzene rings is 1. The van der Waals surface area contributed by atoms with Gasteiger partial charge in [-0.25, -0.2) is 0 Å². The number of nitrogens with one attached hydrogen (secondary N) is 2. The molecule has 0 aliphatic heterocycles. The third-order valence-electron chi connectivity index (χ3n) is 5.26. The molecule has 6 heteroatoms. The van der Waals surface area contributed by atoms with E-state index in [0.29, 0.717) is 26.5 Å². The monoisotopic (exact) mass is 408 g/mol. The highest BCUT2D eigenvalue weighted by Gasteiger charge is 2.30. The molecule has 3 nitrogen and oxygen atoms in total. The first-order valence-corrected chi connectivity index (χ1v) is 10.6. The Morgan fingerprint density at radius 3 is 2.46 bits per heavy atom. The third kappa shape index (κ3) is 4.38. The molecular formula is C20H25ClN2OS2. The normalized spacial score (nSPS) is 20.8. The number of thiophene rings is 1. The summed E-state index contributed by atoms with van der Waals surface area (Å²) in [5, 5.41) is 7.89. The van der Waals surface area contributed by atoms with Gasteiger partial charge in [-0.15, -0.1) is 11.3 Å². The van der Waals surface area contributed by atoms with E-state index in [0.717, 1.165) is 28.8 Å². The Balaban J connectivity index is 1.56. The molecule has 1 heterocycles. The van der Waals surface area contributed by atoms with Gasteiger partial charge in [0.1, 0.15) is 4.88 Å². The number of thiocarbonyl (C=S) groups is 1. The topological polar surface area (TPSA) is 41.1 Å². The Morgan fingerprint density at radius 2 is 1.85 bits per heavy atom. The Labute approximate surface area is 169 Å². The van der Waals surface area contributed by atoms with Crippen LogP contribution < -0.4 is 10.6 Å². The highest BCUT2D eigenvalue weighted by atomic mass is 35.5. The smallest absolute Gasteiger partial charge is 0.269 e. The Morgan fingerprint density at radius 1 is 1.19 bits per heavy atom. The van der Waals surface area contributed by atoms with Crippen molar-refractivity contribution < 1.29 is 4.79 Å². The lowest BCUT2D eigenvalue weighted by Gasteiger charge is -2.37. The molecule has 0 saturated heterocycles. The maximum Gasteiger partial charge on any atom is 0.269 e. The van der Waals surface area contributed by atoms with Gasteiger partial charge in [-0.05, 0) is 55.3 Å². The molecule has 1 aromatic heterocycles. The van der Waals surface area contributed by atoms with E-state index in [9.17, 15) is 4.79 Å². The van der Waals surface area contributed by atoms with Crippen LogP contribution in [0.2, 0.25) is 5.02 Å². The number of carbonyl (C=O) groups excluding carboxylic acids is 1. The van der Waals surface area contributed by atoms with Crippen LogP contribution in [0.15, 0.2) is 24.3 Å². The van der Waals surface area contributed by atoms with Crippen LogP contribution in [0, 0.1) is 11.3 Å². The first kappa shape index (κ1) is 19.6. The van der Waals surface area contributed by atoms with E-state index >= 15 is 0 Å². The molecule has 0 bridgehead atoms. The maximum absolute atomic E-state index is 12.6. The van der Waals surface area contributed by atoms with Gasteiger partial charge in [-0.1, -0.05) is 50.6 Å². The van der Waals surface area contributed by atoms with Crippen molar-refractivity contribution in [3.8, 4) is 0 Å². The molecule has 1 saturated carbocycles. The minimum atomic E-state index is -0.239. The second-order valence-corrected chi connectivity index (χ2v) is 9.92. The highest BCUT2D eigenvalue weighted by molar-refractivity contribution is 7.80. The Kier molecular flexibility index (Phi) is 5.90. The van der Waals surface area contributed by atoms with Crippen LogP contribution in [0.5, 0.6) is 0 Å². The first-order chi connectivity index (χ1) is 12.3. The van der Waals surface area contributed by atoms with Crippen molar-refractivity contribution in [2.75, 3.05) is 0 Å². The summed E-state index contributed by atoms with van der Waals surface area (Å²) >= 11 is 13.1. The van der Waals surface area contributed by atoms with Crippen molar-refractivity contribution in [3.05, 3.63) is 34.2 Å². The van der Waals surface area contributed by atoms with E-state index in [2.05, 4.69) is 31.4 Å². The minimum Gasteiger partial charge on any atom is -0.360 e. The fourth-order valence-electron chi connectivity index (χ4n) is 3.65. The van der Waals surface area contributed by atoms with Crippen molar-refractivity contribution in [3.63, 3.8) is 0 Å². The lowest BCUT2D eigenvalue weighted by Crippen LogP contribution is -2.46. The number of rotatable bonds is 2. The van der Waals surface area contributed by atoms with Gasteiger partial charge in [-0.3, -0.25) is 10.1 Å². The molecule has 0 unspecified atom stereocenters. The summed E-state index contributed by atoms with van der Waals surface area (Å²) < 4.78 is 1.00. The quantitative estimate of drug-likeness (QED) is 0.620. The lowest BCUT2D eigenvalue weighted by molar-refractivity contribution is 0.0980. The zero-order valence-corrected chi connectivity index (χ0v) is 17.8. The SMILES string of the molecule is CC(C)(C)C1CCC(NC(=S)NC(=O)c2sc3ccccc3c2Cl)CC1. The summed E-state index contributed by atoms with van der Waals surface area (Å²) in [6.07, 6.45) is 4.56. The van der Waals surface area contributed by atoms with Gasteiger partial charge in [0.15, 0.2) is 5.11 Å². The molecule has 1 fully saturated rings. The summed E-state index contributed by atoms with van der Waals surface area (Å²) in [5.74, 6) is 0.512. The maximum atomic E-state index is 12.6. The third-order valence-corrected chi connectivity index (χ3v) is 7.15. The average molecular weight is 409 g/mol. The molecule has 3 rings (SSSR count). The molecule has 1 aliphatic rings. The van der Waals surface area contributed by atoms with Crippen LogP contribution in [-0.2, 0) is 0 Å². The summed E-state index contributed by atoms with van der Waals surface area (Å²) in [6, 6.07) is 8.08. The number of hydrogen-bond acceptors (Lipinski definition) is 3. The lowest BCUT2D eigenvalue weighted by atomic mass is 9.71. The van der Waals surface area contributed by atoms with E-state index in [1.165, 1.54) is 24.2 Å². The van der Waals surface area contributed by atoms with Crippen molar-refractivity contribution in [1.29, 1.82) is 0 Å². The molecule has 1 amide bonds. The zero-order valence-electron chi connectivity index (χ0n) is 15.4. The molecule has 140 valence electrons. The summed E-state index contributed by atoms with van der Waals surface area (Å²) in [7, 11) is 0. The molecule has 2 aromatic rings. The summed E-state index contributed by atoms with van der Waals surface area (Å²) in [5.41, 5.74) is 0.359. The van der Waals surface area contributed by atoms with Gasteiger partial charge in [0, 0.05) is 16.1 Å². The van der Waals surface area contributed by atoms with Crippen LogP contribution in [-0.4, -0.2) is 17.1 Å². The fourth-order valence-corrected chi connectivity index (χ4v) is 5.32. The Hall–Kier alpha value is -1.17.